The summed E-state index contributed by atoms with van der Waals surface area (Å²) in [6.45, 7) is 0. The van der Waals surface area contributed by atoms with Crippen LogP contribution in [0.2, 0.25) is 0 Å². The third kappa shape index (κ3) is 5.22. The van der Waals surface area contributed by atoms with Crippen molar-refractivity contribution in [1.82, 2.24) is 4.98 Å². The molecule has 0 saturated heterocycles. The van der Waals surface area contributed by atoms with Crippen LogP contribution in [-0.2, 0) is 0 Å². The zero-order valence-corrected chi connectivity index (χ0v) is 29.1. The van der Waals surface area contributed by atoms with Crippen LogP contribution in [0, 0.1) is 0 Å². The second-order valence-electron chi connectivity index (χ2n) is 13.2. The van der Waals surface area contributed by atoms with Gasteiger partial charge >= 0.3 is 0 Å². The molecule has 1 heterocycles. The standard InChI is InChI=1S/C49H32N2S/c1-4-11-33(12-5-1)35-19-25-39(26-20-35)51(40-27-21-36(22-28-40)34-13-6-2-7-14-34)41-29-23-37(24-30-41)42-31-32-44-46-43(42)17-10-18-45(46)48-47(44)50-49(52-48)38-15-8-3-9-16-38/h1-32H. The van der Waals surface area contributed by atoms with Crippen molar-refractivity contribution in [2.24, 2.45) is 0 Å². The summed E-state index contributed by atoms with van der Waals surface area (Å²) < 4.78 is 0. The molecule has 10 rings (SSSR count). The third-order valence-corrected chi connectivity index (χ3v) is 11.2. The fourth-order valence-corrected chi connectivity index (χ4v) is 8.66. The zero-order chi connectivity index (χ0) is 34.4. The summed E-state index contributed by atoms with van der Waals surface area (Å²) in [6.07, 6.45) is 0. The smallest absolute Gasteiger partial charge is 0.124 e. The van der Waals surface area contributed by atoms with Gasteiger partial charge in [-0.15, -0.1) is 11.3 Å². The highest BCUT2D eigenvalue weighted by molar-refractivity contribution is 7.19. The first kappa shape index (κ1) is 30.3. The number of rotatable bonds is 7. The predicted octanol–water partition coefficient (Wildman–Crippen LogP) is 14.1. The fraction of sp³-hybridized carbons (Fsp3) is 0. The maximum absolute atomic E-state index is 5.15. The number of anilines is 3. The monoisotopic (exact) mass is 680 g/mol. The number of benzene rings is 8. The lowest BCUT2D eigenvalue weighted by atomic mass is 9.94. The van der Waals surface area contributed by atoms with Gasteiger partial charge in [0.1, 0.15) is 5.01 Å². The van der Waals surface area contributed by atoms with Crippen molar-refractivity contribution in [3.63, 3.8) is 0 Å². The molecule has 3 heteroatoms. The zero-order valence-electron chi connectivity index (χ0n) is 28.3. The first-order valence-electron chi connectivity index (χ1n) is 17.6. The molecule has 52 heavy (non-hydrogen) atoms. The van der Waals surface area contributed by atoms with Crippen LogP contribution in [0.3, 0.4) is 0 Å². The van der Waals surface area contributed by atoms with E-state index >= 15 is 0 Å². The number of hydrogen-bond donors (Lipinski definition) is 0. The number of thiazole rings is 1. The van der Waals surface area contributed by atoms with E-state index in [4.69, 9.17) is 4.98 Å². The van der Waals surface area contributed by atoms with Crippen LogP contribution in [0.5, 0.6) is 0 Å². The van der Waals surface area contributed by atoms with Crippen LogP contribution in [0.15, 0.2) is 194 Å². The van der Waals surface area contributed by atoms with E-state index in [0.717, 1.165) is 27.8 Å². The highest BCUT2D eigenvalue weighted by Crippen LogP contribution is 2.52. The van der Waals surface area contributed by atoms with Gasteiger partial charge in [0.25, 0.3) is 0 Å². The van der Waals surface area contributed by atoms with Crippen LogP contribution < -0.4 is 4.90 Å². The van der Waals surface area contributed by atoms with Gasteiger partial charge < -0.3 is 4.90 Å². The first-order valence-corrected chi connectivity index (χ1v) is 18.4. The van der Waals surface area contributed by atoms with Gasteiger partial charge in [0, 0.05) is 39.1 Å². The summed E-state index contributed by atoms with van der Waals surface area (Å²) in [5, 5.41) is 3.64. The molecular weight excluding hydrogens is 649 g/mol. The topological polar surface area (TPSA) is 16.1 Å². The fourth-order valence-electron chi connectivity index (χ4n) is 7.54. The molecule has 0 amide bonds. The Bertz CT molecular complexity index is 2570. The number of nitrogens with zero attached hydrogens (tertiary/aromatic N) is 2. The Morgan fingerprint density at radius 1 is 0.346 bits per heavy atom. The van der Waals surface area contributed by atoms with E-state index < -0.39 is 0 Å². The van der Waals surface area contributed by atoms with Crippen LogP contribution in [0.25, 0.3) is 76.4 Å². The van der Waals surface area contributed by atoms with Gasteiger partial charge in [0.05, 0.1) is 10.6 Å². The average Bonchev–Trinajstić information content (AvgIpc) is 3.79. The lowest BCUT2D eigenvalue weighted by Gasteiger charge is -2.26. The Balaban J connectivity index is 1.02. The molecule has 0 fully saturated rings. The molecule has 0 radical (unpaired) electrons. The summed E-state index contributed by atoms with van der Waals surface area (Å²) in [4.78, 5) is 8.76. The molecule has 0 atom stereocenters. The minimum absolute atomic E-state index is 1.07. The van der Waals surface area contributed by atoms with Crippen LogP contribution in [0.1, 0.15) is 0 Å². The minimum Gasteiger partial charge on any atom is -0.311 e. The van der Waals surface area contributed by atoms with Crippen molar-refractivity contribution in [2.45, 2.75) is 0 Å². The summed E-state index contributed by atoms with van der Waals surface area (Å²) >= 11 is 1.79. The Kier molecular flexibility index (Phi) is 7.37. The molecule has 0 saturated carbocycles. The van der Waals surface area contributed by atoms with Crippen molar-refractivity contribution in [3.8, 4) is 65.6 Å². The predicted molar refractivity (Wildman–Crippen MR) is 220 cm³/mol. The van der Waals surface area contributed by atoms with Crippen molar-refractivity contribution < 1.29 is 0 Å². The van der Waals surface area contributed by atoms with Crippen molar-refractivity contribution in [3.05, 3.63) is 194 Å². The van der Waals surface area contributed by atoms with E-state index in [2.05, 4.69) is 199 Å². The highest BCUT2D eigenvalue weighted by atomic mass is 32.1. The summed E-state index contributed by atoms with van der Waals surface area (Å²) in [5.74, 6) is 0. The molecule has 9 aromatic rings. The number of aromatic nitrogens is 1. The van der Waals surface area contributed by atoms with E-state index in [-0.39, 0.29) is 0 Å². The third-order valence-electron chi connectivity index (χ3n) is 10.1. The highest BCUT2D eigenvalue weighted by Gasteiger charge is 2.27. The SMILES string of the molecule is c1ccc(-c2ccc(N(c3ccc(-c4ccccc4)cc3)c3ccc(-c4ccc5c6c(cccc46)-c4sc(-c6ccccc6)nc4-5)cc3)cc2)cc1. The van der Waals surface area contributed by atoms with E-state index in [1.165, 1.54) is 65.7 Å². The summed E-state index contributed by atoms with van der Waals surface area (Å²) in [5.41, 5.74) is 15.4. The normalized spacial score (nSPS) is 11.5. The van der Waals surface area contributed by atoms with Gasteiger partial charge in [0.15, 0.2) is 0 Å². The Hall–Kier alpha value is -6.55. The molecule has 8 aromatic carbocycles. The summed E-state index contributed by atoms with van der Waals surface area (Å²) in [6, 6.07) is 69.6. The molecule has 244 valence electrons. The lowest BCUT2D eigenvalue weighted by molar-refractivity contribution is 1.28. The van der Waals surface area contributed by atoms with Crippen molar-refractivity contribution >= 4 is 39.2 Å². The van der Waals surface area contributed by atoms with Crippen LogP contribution in [0.4, 0.5) is 17.1 Å². The Labute approximate surface area is 307 Å². The van der Waals surface area contributed by atoms with Gasteiger partial charge in [-0.25, -0.2) is 4.98 Å². The van der Waals surface area contributed by atoms with Crippen LogP contribution in [-0.4, -0.2) is 4.98 Å². The molecule has 0 unspecified atom stereocenters. The molecule has 1 aliphatic rings. The molecule has 0 N–H and O–H groups in total. The van der Waals surface area contributed by atoms with Crippen molar-refractivity contribution in [2.75, 3.05) is 4.90 Å². The minimum atomic E-state index is 1.07. The molecule has 2 nitrogen and oxygen atoms in total. The maximum Gasteiger partial charge on any atom is 0.124 e. The molecule has 0 aliphatic heterocycles. The largest absolute Gasteiger partial charge is 0.311 e. The quantitative estimate of drug-likeness (QED) is 0.167. The molecule has 1 aliphatic carbocycles. The Morgan fingerprint density at radius 2 is 0.808 bits per heavy atom. The van der Waals surface area contributed by atoms with Gasteiger partial charge in [-0.1, -0.05) is 158 Å². The average molecular weight is 681 g/mol. The maximum atomic E-state index is 5.15. The molecule has 1 aromatic heterocycles. The number of hydrogen-bond acceptors (Lipinski definition) is 3. The first-order chi connectivity index (χ1) is 25.8. The molecule has 0 spiro atoms. The molecular formula is C49H32N2S. The lowest BCUT2D eigenvalue weighted by Crippen LogP contribution is -2.09. The second kappa shape index (κ2) is 12.6. The van der Waals surface area contributed by atoms with Gasteiger partial charge in [-0.05, 0) is 75.2 Å². The van der Waals surface area contributed by atoms with Gasteiger partial charge in [-0.3, -0.25) is 0 Å². The van der Waals surface area contributed by atoms with E-state index in [0.29, 0.717) is 0 Å². The van der Waals surface area contributed by atoms with Gasteiger partial charge in [-0.2, -0.15) is 0 Å². The van der Waals surface area contributed by atoms with Gasteiger partial charge in [0.2, 0.25) is 0 Å². The second-order valence-corrected chi connectivity index (χ2v) is 14.2. The van der Waals surface area contributed by atoms with Crippen LogP contribution >= 0.6 is 11.3 Å². The van der Waals surface area contributed by atoms with Crippen molar-refractivity contribution in [1.29, 1.82) is 0 Å². The molecule has 0 bridgehead atoms. The number of fused-ring (bicyclic) bond motifs is 3. The Morgan fingerprint density at radius 3 is 1.35 bits per heavy atom. The van der Waals surface area contributed by atoms with E-state index in [1.54, 1.807) is 11.3 Å². The van der Waals surface area contributed by atoms with E-state index in [1.807, 2.05) is 0 Å². The summed E-state index contributed by atoms with van der Waals surface area (Å²) in [7, 11) is 0. The van der Waals surface area contributed by atoms with E-state index in [9.17, 15) is 0 Å².